The van der Waals surface area contributed by atoms with E-state index in [0.717, 1.165) is 31.4 Å². The van der Waals surface area contributed by atoms with Gasteiger partial charge in [-0.1, -0.05) is 6.92 Å². The fourth-order valence-corrected chi connectivity index (χ4v) is 2.62. The van der Waals surface area contributed by atoms with E-state index < -0.39 is 0 Å². The molecule has 19 heavy (non-hydrogen) atoms. The Balaban J connectivity index is 2.19. The first-order valence-electron chi connectivity index (χ1n) is 6.65. The van der Waals surface area contributed by atoms with E-state index in [1.807, 2.05) is 6.92 Å². The SMILES string of the molecule is CCc1nc(Cl)nc(NC2CCC(O)CC2)c1C=N. The molecule has 1 heterocycles. The van der Waals surface area contributed by atoms with Gasteiger partial charge in [0.05, 0.1) is 17.4 Å². The third-order valence-corrected chi connectivity index (χ3v) is 3.68. The largest absolute Gasteiger partial charge is 0.393 e. The summed E-state index contributed by atoms with van der Waals surface area (Å²) in [6.45, 7) is 1.98. The van der Waals surface area contributed by atoms with Gasteiger partial charge in [0.25, 0.3) is 0 Å². The molecule has 0 atom stereocenters. The van der Waals surface area contributed by atoms with Crippen molar-refractivity contribution in [2.24, 2.45) is 0 Å². The Morgan fingerprint density at radius 2 is 2.05 bits per heavy atom. The van der Waals surface area contributed by atoms with Crippen LogP contribution in [-0.2, 0) is 6.42 Å². The Labute approximate surface area is 117 Å². The molecule has 0 spiro atoms. The molecule has 0 aliphatic heterocycles. The topological polar surface area (TPSA) is 81.9 Å². The van der Waals surface area contributed by atoms with Gasteiger partial charge in [0, 0.05) is 12.3 Å². The summed E-state index contributed by atoms with van der Waals surface area (Å²) >= 11 is 5.92. The molecule has 2 rings (SSSR count). The van der Waals surface area contributed by atoms with Crippen LogP contribution in [0.4, 0.5) is 5.82 Å². The predicted molar refractivity (Wildman–Crippen MR) is 76.2 cm³/mol. The standard InChI is InChI=1S/C13H19ClN4O/c1-2-11-10(7-15)12(18-13(14)17-11)16-8-3-5-9(19)6-4-8/h7-9,15,19H,2-6H2,1H3,(H,16,17,18). The second-order valence-corrected chi connectivity index (χ2v) is 5.19. The highest BCUT2D eigenvalue weighted by molar-refractivity contribution is 6.28. The fourth-order valence-electron chi connectivity index (χ4n) is 2.43. The monoisotopic (exact) mass is 282 g/mol. The number of rotatable bonds is 4. The summed E-state index contributed by atoms with van der Waals surface area (Å²) in [6.07, 6.45) is 5.22. The van der Waals surface area contributed by atoms with E-state index in [0.29, 0.717) is 17.8 Å². The number of hydrogen-bond donors (Lipinski definition) is 3. The summed E-state index contributed by atoms with van der Waals surface area (Å²) in [6, 6.07) is 0.276. The van der Waals surface area contributed by atoms with E-state index in [1.165, 1.54) is 6.21 Å². The van der Waals surface area contributed by atoms with Crippen molar-refractivity contribution < 1.29 is 5.11 Å². The number of aryl methyl sites for hydroxylation is 1. The fraction of sp³-hybridized carbons (Fsp3) is 0.615. The minimum atomic E-state index is -0.180. The van der Waals surface area contributed by atoms with Crippen LogP contribution >= 0.6 is 11.6 Å². The minimum Gasteiger partial charge on any atom is -0.393 e. The van der Waals surface area contributed by atoms with E-state index in [2.05, 4.69) is 15.3 Å². The van der Waals surface area contributed by atoms with Crippen molar-refractivity contribution in [2.45, 2.75) is 51.2 Å². The minimum absolute atomic E-state index is 0.180. The maximum absolute atomic E-state index is 9.51. The van der Waals surface area contributed by atoms with E-state index >= 15 is 0 Å². The Hall–Kier alpha value is -1.20. The summed E-state index contributed by atoms with van der Waals surface area (Å²) in [5.74, 6) is 0.633. The van der Waals surface area contributed by atoms with Gasteiger partial charge in [0.2, 0.25) is 5.28 Å². The third kappa shape index (κ3) is 3.42. The molecule has 0 bridgehead atoms. The third-order valence-electron chi connectivity index (χ3n) is 3.51. The van der Waals surface area contributed by atoms with Crippen LogP contribution in [0, 0.1) is 5.41 Å². The van der Waals surface area contributed by atoms with E-state index in [1.54, 1.807) is 0 Å². The molecule has 1 aromatic heterocycles. The quantitative estimate of drug-likeness (QED) is 0.585. The summed E-state index contributed by atoms with van der Waals surface area (Å²) in [5.41, 5.74) is 1.49. The van der Waals surface area contributed by atoms with Gasteiger partial charge in [-0.05, 0) is 43.7 Å². The molecule has 6 heteroatoms. The molecular weight excluding hydrogens is 264 g/mol. The Morgan fingerprint density at radius 1 is 1.37 bits per heavy atom. The van der Waals surface area contributed by atoms with Crippen LogP contribution in [0.15, 0.2) is 0 Å². The van der Waals surface area contributed by atoms with E-state index in [-0.39, 0.29) is 17.4 Å². The van der Waals surface area contributed by atoms with Crippen LogP contribution in [0.3, 0.4) is 0 Å². The first-order chi connectivity index (χ1) is 9.13. The van der Waals surface area contributed by atoms with Crippen molar-refractivity contribution in [1.29, 1.82) is 5.41 Å². The lowest BCUT2D eigenvalue weighted by Crippen LogP contribution is -2.29. The molecule has 0 unspecified atom stereocenters. The molecule has 1 aliphatic rings. The number of nitrogens with zero attached hydrogens (tertiary/aromatic N) is 2. The van der Waals surface area contributed by atoms with Gasteiger partial charge < -0.3 is 15.8 Å². The molecule has 104 valence electrons. The van der Waals surface area contributed by atoms with Crippen molar-refractivity contribution in [3.63, 3.8) is 0 Å². The van der Waals surface area contributed by atoms with Crippen molar-refractivity contribution in [1.82, 2.24) is 9.97 Å². The van der Waals surface area contributed by atoms with Gasteiger partial charge in [0.15, 0.2) is 0 Å². The van der Waals surface area contributed by atoms with Gasteiger partial charge in [-0.2, -0.15) is 0 Å². The van der Waals surface area contributed by atoms with Gasteiger partial charge in [0.1, 0.15) is 5.82 Å². The van der Waals surface area contributed by atoms with Crippen LogP contribution in [0.1, 0.15) is 43.9 Å². The predicted octanol–water partition coefficient (Wildman–Crippen LogP) is 2.41. The molecule has 1 saturated carbocycles. The summed E-state index contributed by atoms with van der Waals surface area (Å²) in [4.78, 5) is 8.35. The zero-order chi connectivity index (χ0) is 13.8. The Kier molecular flexibility index (Phi) is 4.71. The number of aliphatic hydroxyl groups excluding tert-OH is 1. The summed E-state index contributed by atoms with van der Waals surface area (Å²) in [5, 5.41) is 20.6. The number of aromatic nitrogens is 2. The smallest absolute Gasteiger partial charge is 0.224 e. The van der Waals surface area contributed by atoms with Gasteiger partial charge >= 0.3 is 0 Å². The number of halogens is 1. The van der Waals surface area contributed by atoms with E-state index in [4.69, 9.17) is 17.0 Å². The second-order valence-electron chi connectivity index (χ2n) is 4.85. The highest BCUT2D eigenvalue weighted by Gasteiger charge is 2.21. The number of hydrogen-bond acceptors (Lipinski definition) is 5. The molecule has 1 aromatic rings. The van der Waals surface area contributed by atoms with Crippen LogP contribution in [0.5, 0.6) is 0 Å². The average molecular weight is 283 g/mol. The molecule has 5 nitrogen and oxygen atoms in total. The highest BCUT2D eigenvalue weighted by atomic mass is 35.5. The lowest BCUT2D eigenvalue weighted by Gasteiger charge is -2.27. The lowest BCUT2D eigenvalue weighted by atomic mass is 9.93. The average Bonchev–Trinajstić information content (AvgIpc) is 2.40. The second kappa shape index (κ2) is 6.30. The van der Waals surface area contributed by atoms with Crippen LogP contribution in [0.25, 0.3) is 0 Å². The Morgan fingerprint density at radius 3 is 2.63 bits per heavy atom. The van der Waals surface area contributed by atoms with Crippen LogP contribution < -0.4 is 5.32 Å². The summed E-state index contributed by atoms with van der Waals surface area (Å²) in [7, 11) is 0. The Bertz CT molecular complexity index is 458. The molecule has 0 saturated heterocycles. The number of aliphatic hydroxyl groups is 1. The highest BCUT2D eigenvalue weighted by Crippen LogP contribution is 2.24. The van der Waals surface area contributed by atoms with Crippen molar-refractivity contribution in [3.8, 4) is 0 Å². The molecule has 3 N–H and O–H groups in total. The number of anilines is 1. The summed E-state index contributed by atoms with van der Waals surface area (Å²) < 4.78 is 0. The van der Waals surface area contributed by atoms with Gasteiger partial charge in [-0.15, -0.1) is 0 Å². The maximum Gasteiger partial charge on any atom is 0.224 e. The first-order valence-corrected chi connectivity index (χ1v) is 7.03. The van der Waals surface area contributed by atoms with Gasteiger partial charge in [-0.25, -0.2) is 9.97 Å². The molecule has 1 fully saturated rings. The molecule has 0 radical (unpaired) electrons. The molecule has 1 aliphatic carbocycles. The lowest BCUT2D eigenvalue weighted by molar-refractivity contribution is 0.126. The zero-order valence-electron chi connectivity index (χ0n) is 11.0. The van der Waals surface area contributed by atoms with Crippen LogP contribution in [0.2, 0.25) is 5.28 Å². The molecule has 0 amide bonds. The first kappa shape index (κ1) is 14.2. The van der Waals surface area contributed by atoms with Crippen LogP contribution in [-0.4, -0.2) is 33.4 Å². The zero-order valence-corrected chi connectivity index (χ0v) is 11.7. The molecule has 0 aromatic carbocycles. The maximum atomic E-state index is 9.51. The van der Waals surface area contributed by atoms with E-state index in [9.17, 15) is 5.11 Å². The molecular formula is C13H19ClN4O. The number of nitrogens with one attached hydrogen (secondary N) is 2. The van der Waals surface area contributed by atoms with Crippen molar-refractivity contribution in [2.75, 3.05) is 5.32 Å². The van der Waals surface area contributed by atoms with Gasteiger partial charge in [-0.3, -0.25) is 0 Å². The van der Waals surface area contributed by atoms with Crippen molar-refractivity contribution >= 4 is 23.6 Å². The normalized spacial score (nSPS) is 23.1. The van der Waals surface area contributed by atoms with Crippen molar-refractivity contribution in [3.05, 3.63) is 16.5 Å².